The van der Waals surface area contributed by atoms with Gasteiger partial charge < -0.3 is 20.3 Å². The Kier molecular flexibility index (Phi) is 4.22. The summed E-state index contributed by atoms with van der Waals surface area (Å²) in [6.07, 6.45) is 0. The maximum Gasteiger partial charge on any atom is 0.358 e. The first-order valence-electron chi connectivity index (χ1n) is 6.01. The summed E-state index contributed by atoms with van der Waals surface area (Å²) in [6.45, 7) is 0.320. The van der Waals surface area contributed by atoms with Crippen LogP contribution in [0.25, 0.3) is 0 Å². The summed E-state index contributed by atoms with van der Waals surface area (Å²) in [4.78, 5) is 14.8. The lowest BCUT2D eigenvalue weighted by Crippen LogP contribution is -2.07. The van der Waals surface area contributed by atoms with Gasteiger partial charge in [-0.25, -0.2) is 14.2 Å². The lowest BCUT2D eigenvalue weighted by molar-refractivity contribution is 0.0686. The molecule has 6 nitrogen and oxygen atoms in total. The van der Waals surface area contributed by atoms with E-state index in [9.17, 15) is 14.3 Å². The number of hydrogen-bond donors (Lipinski definition) is 3. The number of benzene rings is 1. The Morgan fingerprint density at radius 2 is 2.05 bits per heavy atom. The molecule has 0 fully saturated rings. The zero-order valence-corrected chi connectivity index (χ0v) is 11.1. The second kappa shape index (κ2) is 6.08. The first-order valence-corrected chi connectivity index (χ1v) is 6.01. The van der Waals surface area contributed by atoms with E-state index < -0.39 is 17.4 Å². The maximum atomic E-state index is 12.8. The van der Waals surface area contributed by atoms with Gasteiger partial charge in [-0.1, -0.05) is 12.1 Å². The van der Waals surface area contributed by atoms with Gasteiger partial charge in [0.05, 0.1) is 7.11 Å². The second-order valence-corrected chi connectivity index (χ2v) is 4.19. The number of aromatic nitrogens is 1. The van der Waals surface area contributed by atoms with Gasteiger partial charge in [-0.3, -0.25) is 0 Å². The number of rotatable bonds is 5. The van der Waals surface area contributed by atoms with E-state index >= 15 is 0 Å². The van der Waals surface area contributed by atoms with Gasteiger partial charge in [0.1, 0.15) is 11.6 Å². The van der Waals surface area contributed by atoms with Crippen LogP contribution in [0.3, 0.4) is 0 Å². The van der Waals surface area contributed by atoms with E-state index in [0.29, 0.717) is 6.54 Å². The molecule has 2 rings (SSSR count). The number of carboxylic acids is 1. The smallest absolute Gasteiger partial charge is 0.358 e. The van der Waals surface area contributed by atoms with Crippen LogP contribution >= 0.6 is 0 Å². The van der Waals surface area contributed by atoms with Crippen LogP contribution in [0.5, 0.6) is 11.5 Å². The molecule has 0 aliphatic heterocycles. The van der Waals surface area contributed by atoms with E-state index in [0.717, 1.165) is 5.56 Å². The molecule has 0 bridgehead atoms. The monoisotopic (exact) mass is 292 g/mol. The number of ether oxygens (including phenoxy) is 1. The number of aromatic carboxylic acids is 1. The molecule has 3 N–H and O–H groups in total. The van der Waals surface area contributed by atoms with Crippen molar-refractivity contribution in [2.45, 2.75) is 6.54 Å². The molecule has 0 aliphatic carbocycles. The molecule has 0 radical (unpaired) electrons. The van der Waals surface area contributed by atoms with Crippen molar-refractivity contribution in [3.05, 3.63) is 47.4 Å². The molecule has 0 aliphatic rings. The highest BCUT2D eigenvalue weighted by Gasteiger charge is 2.18. The molecular formula is C14H13FN2O4. The van der Waals surface area contributed by atoms with E-state index in [1.165, 1.54) is 25.3 Å². The summed E-state index contributed by atoms with van der Waals surface area (Å²) >= 11 is 0. The Balaban J connectivity index is 2.21. The molecule has 0 spiro atoms. The first kappa shape index (κ1) is 14.6. The van der Waals surface area contributed by atoms with E-state index in [1.54, 1.807) is 12.1 Å². The van der Waals surface area contributed by atoms with Crippen molar-refractivity contribution in [2.75, 3.05) is 12.4 Å². The number of nitrogens with zero attached hydrogens (tertiary/aromatic N) is 1. The van der Waals surface area contributed by atoms with E-state index in [4.69, 9.17) is 9.84 Å². The Morgan fingerprint density at radius 1 is 1.38 bits per heavy atom. The van der Waals surface area contributed by atoms with Crippen LogP contribution in [0.4, 0.5) is 10.2 Å². The zero-order chi connectivity index (χ0) is 15.4. The van der Waals surface area contributed by atoms with Gasteiger partial charge >= 0.3 is 5.97 Å². The number of methoxy groups -OCH3 is 1. The van der Waals surface area contributed by atoms with Crippen molar-refractivity contribution in [2.24, 2.45) is 0 Å². The van der Waals surface area contributed by atoms with Crippen LogP contribution in [0.2, 0.25) is 0 Å². The average molecular weight is 292 g/mol. The largest absolute Gasteiger partial charge is 0.503 e. The van der Waals surface area contributed by atoms with Crippen molar-refractivity contribution >= 4 is 11.8 Å². The van der Waals surface area contributed by atoms with Crippen LogP contribution in [0.1, 0.15) is 16.1 Å². The molecule has 0 saturated heterocycles. The lowest BCUT2D eigenvalue weighted by Gasteiger charge is -2.10. The number of carbonyl (C=O) groups is 1. The van der Waals surface area contributed by atoms with E-state index in [2.05, 4.69) is 10.3 Å². The quantitative estimate of drug-likeness (QED) is 0.783. The fourth-order valence-corrected chi connectivity index (χ4v) is 1.71. The summed E-state index contributed by atoms with van der Waals surface area (Å²) < 4.78 is 17.7. The van der Waals surface area contributed by atoms with Gasteiger partial charge in [0.2, 0.25) is 0 Å². The molecule has 0 atom stereocenters. The number of pyridine rings is 1. The molecule has 21 heavy (non-hydrogen) atoms. The molecular weight excluding hydrogens is 279 g/mol. The van der Waals surface area contributed by atoms with Crippen molar-refractivity contribution in [3.63, 3.8) is 0 Å². The number of nitrogens with one attached hydrogen (secondary N) is 1. The molecule has 1 aromatic heterocycles. The van der Waals surface area contributed by atoms with Gasteiger partial charge in [0.15, 0.2) is 17.2 Å². The maximum absolute atomic E-state index is 12.8. The topological polar surface area (TPSA) is 91.7 Å². The number of anilines is 1. The third-order valence-electron chi connectivity index (χ3n) is 2.77. The normalized spacial score (nSPS) is 10.2. The van der Waals surface area contributed by atoms with Gasteiger partial charge in [-0.2, -0.15) is 0 Å². The van der Waals surface area contributed by atoms with Crippen LogP contribution in [-0.2, 0) is 6.54 Å². The highest BCUT2D eigenvalue weighted by Crippen LogP contribution is 2.31. The number of aromatic hydroxyl groups is 1. The third-order valence-corrected chi connectivity index (χ3v) is 2.77. The van der Waals surface area contributed by atoms with Gasteiger partial charge in [0.25, 0.3) is 0 Å². The minimum absolute atomic E-state index is 0.00371. The van der Waals surface area contributed by atoms with Crippen molar-refractivity contribution in [1.29, 1.82) is 0 Å². The predicted molar refractivity (Wildman–Crippen MR) is 73.1 cm³/mol. The third kappa shape index (κ3) is 3.38. The van der Waals surface area contributed by atoms with Crippen molar-refractivity contribution < 1.29 is 24.1 Å². The fourth-order valence-electron chi connectivity index (χ4n) is 1.71. The highest BCUT2D eigenvalue weighted by atomic mass is 19.1. The number of halogens is 1. The number of hydrogen-bond acceptors (Lipinski definition) is 5. The molecule has 0 unspecified atom stereocenters. The van der Waals surface area contributed by atoms with Gasteiger partial charge in [0, 0.05) is 12.6 Å². The molecule has 110 valence electrons. The molecule has 7 heteroatoms. The molecule has 2 aromatic rings. The lowest BCUT2D eigenvalue weighted by atomic mass is 10.2. The average Bonchev–Trinajstić information content (AvgIpc) is 2.47. The van der Waals surface area contributed by atoms with Crippen LogP contribution in [0, 0.1) is 5.82 Å². The Bertz CT molecular complexity index is 659. The minimum Gasteiger partial charge on any atom is -0.503 e. The van der Waals surface area contributed by atoms with Gasteiger partial charge in [-0.15, -0.1) is 0 Å². The fraction of sp³-hybridized carbons (Fsp3) is 0.143. The molecule has 1 heterocycles. The van der Waals surface area contributed by atoms with Crippen molar-refractivity contribution in [3.8, 4) is 11.5 Å². The summed E-state index contributed by atoms with van der Waals surface area (Å²) in [5.74, 6) is -2.00. The highest BCUT2D eigenvalue weighted by molar-refractivity contribution is 5.90. The minimum atomic E-state index is -1.36. The Labute approximate surface area is 119 Å². The molecule has 0 saturated carbocycles. The van der Waals surface area contributed by atoms with Crippen molar-refractivity contribution in [1.82, 2.24) is 4.98 Å². The summed E-state index contributed by atoms with van der Waals surface area (Å²) in [7, 11) is 1.31. The number of carboxylic acid groups (broad SMARTS) is 1. The first-order chi connectivity index (χ1) is 10.0. The predicted octanol–water partition coefficient (Wildman–Crippen LogP) is 2.25. The Morgan fingerprint density at radius 3 is 2.62 bits per heavy atom. The van der Waals surface area contributed by atoms with E-state index in [-0.39, 0.29) is 17.4 Å². The molecule has 0 amide bonds. The van der Waals surface area contributed by atoms with Gasteiger partial charge in [-0.05, 0) is 17.7 Å². The standard InChI is InChI=1S/C14H13FN2O4/c1-21-10-6-11(17-12(13(10)18)14(19)20)16-7-8-2-4-9(15)5-3-8/h2-6,18H,7H2,1H3,(H,16,17)(H,19,20). The van der Waals surface area contributed by atoms with Crippen LogP contribution in [0.15, 0.2) is 30.3 Å². The second-order valence-electron chi connectivity index (χ2n) is 4.19. The Hall–Kier alpha value is -2.83. The molecule has 1 aromatic carbocycles. The summed E-state index contributed by atoms with van der Waals surface area (Å²) in [5, 5.41) is 21.5. The van der Waals surface area contributed by atoms with Crippen LogP contribution in [-0.4, -0.2) is 28.3 Å². The summed E-state index contributed by atoms with van der Waals surface area (Å²) in [5.41, 5.74) is 0.290. The SMILES string of the molecule is COc1cc(NCc2ccc(F)cc2)nc(C(=O)O)c1O. The van der Waals surface area contributed by atoms with E-state index in [1.807, 2.05) is 0 Å². The zero-order valence-electron chi connectivity index (χ0n) is 11.1. The summed E-state index contributed by atoms with van der Waals surface area (Å²) in [6, 6.07) is 7.22. The van der Waals surface area contributed by atoms with Crippen LogP contribution < -0.4 is 10.1 Å².